The van der Waals surface area contributed by atoms with E-state index in [1.54, 1.807) is 0 Å². The molecule has 28 heavy (non-hydrogen) atoms. The summed E-state index contributed by atoms with van der Waals surface area (Å²) in [5.41, 5.74) is 7.37. The zero-order valence-corrected chi connectivity index (χ0v) is 18.8. The van der Waals surface area contributed by atoms with Crippen molar-refractivity contribution in [3.8, 4) is 0 Å². The lowest BCUT2D eigenvalue weighted by atomic mass is 9.92. The molecule has 0 amide bonds. The van der Waals surface area contributed by atoms with Crippen molar-refractivity contribution in [3.05, 3.63) is 81.7 Å². The fourth-order valence-corrected chi connectivity index (χ4v) is 3.54. The molecular weight excluding hydrogens is 340 g/mol. The van der Waals surface area contributed by atoms with Crippen molar-refractivity contribution in [1.82, 2.24) is 0 Å². The Morgan fingerprint density at radius 1 is 0.500 bits per heavy atom. The molecule has 0 aliphatic rings. The minimum absolute atomic E-state index is 0.442. The van der Waals surface area contributed by atoms with E-state index in [9.17, 15) is 0 Å². The van der Waals surface area contributed by atoms with E-state index in [2.05, 4.69) is 91.8 Å². The predicted octanol–water partition coefficient (Wildman–Crippen LogP) is 9.36. The molecule has 0 fully saturated rings. The van der Waals surface area contributed by atoms with Crippen LogP contribution in [0.2, 0.25) is 0 Å². The zero-order chi connectivity index (χ0) is 20.8. The van der Waals surface area contributed by atoms with Gasteiger partial charge in [-0.05, 0) is 23.7 Å². The van der Waals surface area contributed by atoms with Gasteiger partial charge in [0.1, 0.15) is 0 Å². The Bertz CT molecular complexity index is 678. The second-order valence-corrected chi connectivity index (χ2v) is 8.75. The fourth-order valence-electron chi connectivity index (χ4n) is 3.54. The van der Waals surface area contributed by atoms with Gasteiger partial charge in [-0.1, -0.05) is 114 Å². The molecule has 2 heteroatoms. The van der Waals surface area contributed by atoms with E-state index >= 15 is 0 Å². The van der Waals surface area contributed by atoms with Crippen LogP contribution in [0.5, 0.6) is 0 Å². The second kappa shape index (κ2) is 9.82. The van der Waals surface area contributed by atoms with Crippen LogP contribution in [0.3, 0.4) is 0 Å². The monoisotopic (exact) mass is 376 g/mol. The molecule has 0 radical (unpaired) electrons. The van der Waals surface area contributed by atoms with Crippen LogP contribution in [-0.2, 0) is 0 Å². The van der Waals surface area contributed by atoms with Gasteiger partial charge >= 0.3 is 0 Å². The highest BCUT2D eigenvalue weighted by atomic mass is 14.9. The first kappa shape index (κ1) is 22.1. The van der Waals surface area contributed by atoms with Gasteiger partial charge in [0.2, 0.25) is 0 Å². The molecule has 2 rings (SSSR count). The van der Waals surface area contributed by atoms with Crippen LogP contribution in [0, 0.1) is 0 Å². The number of nitrogens with zero attached hydrogens (tertiary/aromatic N) is 2. The van der Waals surface area contributed by atoms with Crippen LogP contribution >= 0.6 is 0 Å². The molecule has 0 saturated heterocycles. The van der Waals surface area contributed by atoms with Crippen LogP contribution in [0.15, 0.2) is 48.8 Å². The lowest BCUT2D eigenvalue weighted by Crippen LogP contribution is -1.96. The van der Waals surface area contributed by atoms with Gasteiger partial charge in [0.25, 0.3) is 0 Å². The SMILES string of the molecule is CC(C)c1cccc(C(C)C)c1[N-]/C=C\[N-]c1c(C(C)C)cccc1C(C)C. The summed E-state index contributed by atoms with van der Waals surface area (Å²) < 4.78 is 0. The maximum Gasteiger partial charge on any atom is -0.0231 e. The maximum atomic E-state index is 4.84. The van der Waals surface area contributed by atoms with E-state index in [-0.39, 0.29) is 0 Å². The van der Waals surface area contributed by atoms with Crippen molar-refractivity contribution in [2.45, 2.75) is 79.1 Å². The molecule has 0 aliphatic heterocycles. The highest BCUT2D eigenvalue weighted by Gasteiger charge is 2.08. The quantitative estimate of drug-likeness (QED) is 0.439. The first-order valence-electron chi connectivity index (χ1n) is 10.6. The summed E-state index contributed by atoms with van der Waals surface area (Å²) in [6, 6.07) is 13.0. The van der Waals surface area contributed by atoms with Crippen LogP contribution in [0.25, 0.3) is 10.6 Å². The van der Waals surface area contributed by atoms with Gasteiger partial charge in [-0.15, -0.1) is 11.4 Å². The van der Waals surface area contributed by atoms with Gasteiger partial charge in [0.15, 0.2) is 0 Å². The Labute approximate surface area is 172 Å². The predicted molar refractivity (Wildman–Crippen MR) is 124 cm³/mol. The second-order valence-electron chi connectivity index (χ2n) is 8.75. The van der Waals surface area contributed by atoms with Crippen LogP contribution in [0.4, 0.5) is 11.4 Å². The number of rotatable bonds is 8. The lowest BCUT2D eigenvalue weighted by molar-refractivity contribution is 0.840. The Hall–Kier alpha value is -2.22. The summed E-state index contributed by atoms with van der Waals surface area (Å²) in [4.78, 5) is 0. The van der Waals surface area contributed by atoms with Crippen molar-refractivity contribution in [2.24, 2.45) is 0 Å². The third-order valence-electron chi connectivity index (χ3n) is 5.16. The number of benzene rings is 2. The van der Waals surface area contributed by atoms with Gasteiger partial charge in [-0.2, -0.15) is 12.4 Å². The standard InChI is InChI=1S/C26H36N2/c1-17(2)21-11-9-12-22(18(3)4)25(21)27-15-16-28-26-23(19(5)6)13-10-14-24(26)20(7)8/h9-20H,1-8H3/q-2/b16-15-. The van der Waals surface area contributed by atoms with E-state index in [4.69, 9.17) is 10.6 Å². The number of hydrogen-bond donors (Lipinski definition) is 0. The molecule has 0 heterocycles. The van der Waals surface area contributed by atoms with E-state index in [1.165, 1.54) is 22.3 Å². The summed E-state index contributed by atoms with van der Waals surface area (Å²) in [5.74, 6) is 1.77. The molecular formula is C26H36N2-2. The maximum absolute atomic E-state index is 4.84. The molecule has 152 valence electrons. The molecule has 0 aromatic heterocycles. The first-order valence-corrected chi connectivity index (χ1v) is 10.6. The average molecular weight is 377 g/mol. The molecule has 0 bridgehead atoms. The minimum Gasteiger partial charge on any atom is -0.665 e. The lowest BCUT2D eigenvalue weighted by Gasteiger charge is -2.32. The van der Waals surface area contributed by atoms with E-state index in [0.29, 0.717) is 23.7 Å². The topological polar surface area (TPSA) is 28.2 Å². The summed E-state index contributed by atoms with van der Waals surface area (Å²) >= 11 is 0. The van der Waals surface area contributed by atoms with Gasteiger partial charge in [-0.3, -0.25) is 0 Å². The highest BCUT2D eigenvalue weighted by molar-refractivity contribution is 5.68. The molecule has 0 N–H and O–H groups in total. The molecule has 0 aliphatic carbocycles. The first-order chi connectivity index (χ1) is 13.2. The summed E-state index contributed by atoms with van der Waals surface area (Å²) in [6.07, 6.45) is 3.71. The number of para-hydroxylation sites is 2. The fraction of sp³-hybridized carbons (Fsp3) is 0.462. The molecule has 0 atom stereocenters. The van der Waals surface area contributed by atoms with Crippen molar-refractivity contribution >= 4 is 11.4 Å². The normalized spacial score (nSPS) is 12.0. The molecule has 2 aromatic rings. The van der Waals surface area contributed by atoms with Crippen molar-refractivity contribution in [2.75, 3.05) is 0 Å². The highest BCUT2D eigenvalue weighted by Crippen LogP contribution is 2.40. The van der Waals surface area contributed by atoms with Gasteiger partial charge in [0.05, 0.1) is 0 Å². The largest absolute Gasteiger partial charge is 0.665 e. The summed E-state index contributed by atoms with van der Waals surface area (Å²) in [6.45, 7) is 17.8. The Kier molecular flexibility index (Phi) is 7.74. The smallest absolute Gasteiger partial charge is 0.0231 e. The van der Waals surface area contributed by atoms with Crippen molar-refractivity contribution in [1.29, 1.82) is 0 Å². The summed E-state index contributed by atoms with van der Waals surface area (Å²) in [7, 11) is 0. The van der Waals surface area contributed by atoms with Gasteiger partial charge < -0.3 is 10.6 Å². The van der Waals surface area contributed by atoms with Gasteiger partial charge in [0, 0.05) is 0 Å². The van der Waals surface area contributed by atoms with E-state index in [1.807, 2.05) is 12.4 Å². The Morgan fingerprint density at radius 2 is 0.750 bits per heavy atom. The summed E-state index contributed by atoms with van der Waals surface area (Å²) in [5, 5.41) is 9.68. The Balaban J connectivity index is 2.29. The van der Waals surface area contributed by atoms with Crippen LogP contribution in [-0.4, -0.2) is 0 Å². The number of hydrogen-bond acceptors (Lipinski definition) is 0. The van der Waals surface area contributed by atoms with E-state index in [0.717, 1.165) is 11.4 Å². The third kappa shape index (κ3) is 5.19. The van der Waals surface area contributed by atoms with Gasteiger partial charge in [-0.25, -0.2) is 0 Å². The third-order valence-corrected chi connectivity index (χ3v) is 5.16. The molecule has 2 nitrogen and oxygen atoms in total. The molecule has 2 aromatic carbocycles. The van der Waals surface area contributed by atoms with Crippen LogP contribution < -0.4 is 0 Å². The molecule has 0 unspecified atom stereocenters. The average Bonchev–Trinajstić information content (AvgIpc) is 2.64. The van der Waals surface area contributed by atoms with Crippen LogP contribution in [0.1, 0.15) is 101 Å². The zero-order valence-electron chi connectivity index (χ0n) is 18.8. The molecule has 0 spiro atoms. The van der Waals surface area contributed by atoms with Crippen molar-refractivity contribution in [3.63, 3.8) is 0 Å². The Morgan fingerprint density at radius 3 is 0.964 bits per heavy atom. The minimum atomic E-state index is 0.442. The molecule has 0 saturated carbocycles. The van der Waals surface area contributed by atoms with E-state index < -0.39 is 0 Å². The van der Waals surface area contributed by atoms with Crippen molar-refractivity contribution < 1.29 is 0 Å².